The van der Waals surface area contributed by atoms with Gasteiger partial charge in [-0.15, -0.1) is 15.3 Å². The molecule has 3 aromatic heterocycles. The van der Waals surface area contributed by atoms with Crippen LogP contribution in [0.3, 0.4) is 0 Å². The molecule has 126 valence electrons. The van der Waals surface area contributed by atoms with E-state index in [0.717, 1.165) is 31.8 Å². The van der Waals surface area contributed by atoms with Crippen LogP contribution in [-0.2, 0) is 0 Å². The van der Waals surface area contributed by atoms with Crippen LogP contribution in [0.4, 0.5) is 5.82 Å². The van der Waals surface area contributed by atoms with Gasteiger partial charge in [0.25, 0.3) is 0 Å². The first-order valence-electron chi connectivity index (χ1n) is 8.02. The Hall–Kier alpha value is -3.28. The van der Waals surface area contributed by atoms with Gasteiger partial charge in [0.2, 0.25) is 5.88 Å². The van der Waals surface area contributed by atoms with Crippen molar-refractivity contribution in [3.8, 4) is 11.9 Å². The molecule has 0 unspecified atom stereocenters. The average Bonchev–Trinajstić information content (AvgIpc) is 3.11. The number of anilines is 1. The number of hydrogen-bond acceptors (Lipinski definition) is 8. The number of nitriles is 1. The molecule has 0 radical (unpaired) electrons. The SMILES string of the molecule is COc1ccc2nnc(C3CCN(c4nccnc4C#N)CC3)n2n1. The highest BCUT2D eigenvalue weighted by atomic mass is 16.5. The van der Waals surface area contributed by atoms with Crippen LogP contribution in [0.2, 0.25) is 0 Å². The molecule has 1 aliphatic heterocycles. The van der Waals surface area contributed by atoms with Gasteiger partial charge in [-0.3, -0.25) is 0 Å². The zero-order valence-corrected chi connectivity index (χ0v) is 13.7. The summed E-state index contributed by atoms with van der Waals surface area (Å²) in [5.41, 5.74) is 1.07. The minimum Gasteiger partial charge on any atom is -0.480 e. The van der Waals surface area contributed by atoms with Crippen molar-refractivity contribution in [2.24, 2.45) is 0 Å². The zero-order valence-electron chi connectivity index (χ0n) is 13.7. The number of methoxy groups -OCH3 is 1. The highest BCUT2D eigenvalue weighted by Gasteiger charge is 2.27. The van der Waals surface area contributed by atoms with Crippen molar-refractivity contribution in [1.82, 2.24) is 29.8 Å². The molecule has 1 fully saturated rings. The molecule has 0 amide bonds. The topological polar surface area (TPSA) is 105 Å². The first-order chi connectivity index (χ1) is 12.3. The Labute approximate surface area is 143 Å². The second-order valence-corrected chi connectivity index (χ2v) is 5.81. The summed E-state index contributed by atoms with van der Waals surface area (Å²) in [4.78, 5) is 10.5. The molecule has 4 heterocycles. The molecule has 0 saturated carbocycles. The number of nitrogens with zero attached hydrogens (tertiary/aromatic N) is 8. The first kappa shape index (κ1) is 15.3. The lowest BCUT2D eigenvalue weighted by atomic mass is 9.96. The van der Waals surface area contributed by atoms with Crippen molar-refractivity contribution in [2.45, 2.75) is 18.8 Å². The van der Waals surface area contributed by atoms with Gasteiger partial charge in [-0.2, -0.15) is 9.78 Å². The molecule has 0 spiro atoms. The van der Waals surface area contributed by atoms with E-state index >= 15 is 0 Å². The third kappa shape index (κ3) is 2.71. The van der Waals surface area contributed by atoms with Crippen molar-refractivity contribution in [2.75, 3.05) is 25.1 Å². The molecule has 1 aliphatic rings. The Morgan fingerprint density at radius 3 is 2.72 bits per heavy atom. The fourth-order valence-corrected chi connectivity index (χ4v) is 3.14. The summed E-state index contributed by atoms with van der Waals surface area (Å²) in [5.74, 6) is 2.26. The smallest absolute Gasteiger partial charge is 0.231 e. The Kier molecular flexibility index (Phi) is 3.85. The van der Waals surface area contributed by atoms with Crippen LogP contribution in [0.5, 0.6) is 5.88 Å². The minimum atomic E-state index is 0.244. The predicted molar refractivity (Wildman–Crippen MR) is 88.3 cm³/mol. The number of rotatable bonds is 3. The van der Waals surface area contributed by atoms with E-state index in [2.05, 4.69) is 36.2 Å². The zero-order chi connectivity index (χ0) is 17.2. The molecule has 9 nitrogen and oxygen atoms in total. The molecule has 3 aromatic rings. The van der Waals surface area contributed by atoms with E-state index in [1.165, 1.54) is 6.20 Å². The second-order valence-electron chi connectivity index (χ2n) is 5.81. The van der Waals surface area contributed by atoms with Crippen molar-refractivity contribution >= 4 is 11.5 Å². The van der Waals surface area contributed by atoms with E-state index < -0.39 is 0 Å². The Morgan fingerprint density at radius 2 is 1.96 bits per heavy atom. The maximum absolute atomic E-state index is 9.20. The first-order valence-corrected chi connectivity index (χ1v) is 8.02. The molecule has 1 saturated heterocycles. The largest absolute Gasteiger partial charge is 0.480 e. The molecule has 0 aromatic carbocycles. The van der Waals surface area contributed by atoms with Crippen LogP contribution in [-0.4, -0.2) is 50.0 Å². The average molecular weight is 336 g/mol. The van der Waals surface area contributed by atoms with E-state index in [0.29, 0.717) is 23.0 Å². The third-order valence-electron chi connectivity index (χ3n) is 4.42. The molecule has 0 bridgehead atoms. The van der Waals surface area contributed by atoms with Crippen molar-refractivity contribution in [3.05, 3.63) is 36.0 Å². The van der Waals surface area contributed by atoms with Crippen LogP contribution in [0.25, 0.3) is 5.65 Å². The van der Waals surface area contributed by atoms with E-state index in [1.807, 2.05) is 6.07 Å². The normalized spacial score (nSPS) is 15.3. The van der Waals surface area contributed by atoms with E-state index in [1.54, 1.807) is 23.9 Å². The molecule has 0 aliphatic carbocycles. The van der Waals surface area contributed by atoms with Crippen LogP contribution < -0.4 is 9.64 Å². The molecule has 25 heavy (non-hydrogen) atoms. The van der Waals surface area contributed by atoms with Crippen LogP contribution >= 0.6 is 0 Å². The molecular weight excluding hydrogens is 320 g/mol. The molecule has 4 rings (SSSR count). The van der Waals surface area contributed by atoms with E-state index in [4.69, 9.17) is 4.74 Å². The quantitative estimate of drug-likeness (QED) is 0.702. The van der Waals surface area contributed by atoms with Gasteiger partial charge in [0.05, 0.1) is 7.11 Å². The van der Waals surface area contributed by atoms with Crippen LogP contribution in [0, 0.1) is 11.3 Å². The monoisotopic (exact) mass is 336 g/mol. The summed E-state index contributed by atoms with van der Waals surface area (Å²) in [7, 11) is 1.59. The summed E-state index contributed by atoms with van der Waals surface area (Å²) in [6, 6.07) is 5.72. The van der Waals surface area contributed by atoms with Gasteiger partial charge in [-0.25, -0.2) is 9.97 Å². The fraction of sp³-hybridized carbons (Fsp3) is 0.375. The number of fused-ring (bicyclic) bond motifs is 1. The number of aromatic nitrogens is 6. The number of hydrogen-bond donors (Lipinski definition) is 0. The molecule has 9 heteroatoms. The lowest BCUT2D eigenvalue weighted by molar-refractivity contribution is 0.386. The van der Waals surface area contributed by atoms with Gasteiger partial charge < -0.3 is 9.64 Å². The second kappa shape index (κ2) is 6.32. The summed E-state index contributed by atoms with van der Waals surface area (Å²) < 4.78 is 6.95. The summed E-state index contributed by atoms with van der Waals surface area (Å²) in [5, 5.41) is 22.1. The maximum Gasteiger partial charge on any atom is 0.231 e. The highest BCUT2D eigenvalue weighted by molar-refractivity contribution is 5.49. The Bertz CT molecular complexity index is 939. The van der Waals surface area contributed by atoms with Gasteiger partial charge in [0.1, 0.15) is 6.07 Å². The fourth-order valence-electron chi connectivity index (χ4n) is 3.14. The van der Waals surface area contributed by atoms with E-state index in [-0.39, 0.29) is 5.92 Å². The molecule has 0 N–H and O–H groups in total. The summed E-state index contributed by atoms with van der Waals surface area (Å²) in [6.07, 6.45) is 4.91. The lowest BCUT2D eigenvalue weighted by Crippen LogP contribution is -2.34. The summed E-state index contributed by atoms with van der Waals surface area (Å²) in [6.45, 7) is 1.55. The number of ether oxygens (including phenoxy) is 1. The van der Waals surface area contributed by atoms with Gasteiger partial charge in [-0.05, 0) is 18.9 Å². The summed E-state index contributed by atoms with van der Waals surface area (Å²) >= 11 is 0. The van der Waals surface area contributed by atoms with Crippen molar-refractivity contribution < 1.29 is 4.74 Å². The van der Waals surface area contributed by atoms with Crippen LogP contribution in [0.1, 0.15) is 30.3 Å². The van der Waals surface area contributed by atoms with Gasteiger partial charge in [0, 0.05) is 37.5 Å². The molecule has 0 atom stereocenters. The molecular formula is C16H16N8O. The predicted octanol–water partition coefficient (Wildman–Crippen LogP) is 1.18. The van der Waals surface area contributed by atoms with Crippen molar-refractivity contribution in [3.63, 3.8) is 0 Å². The lowest BCUT2D eigenvalue weighted by Gasteiger charge is -2.31. The van der Waals surface area contributed by atoms with Crippen molar-refractivity contribution in [1.29, 1.82) is 5.26 Å². The van der Waals surface area contributed by atoms with Gasteiger partial charge in [-0.1, -0.05) is 0 Å². The standard InChI is InChI=1S/C16H16N8O/c1-25-14-3-2-13-20-21-15(24(13)22-14)11-4-8-23(9-5-11)16-12(10-17)18-6-7-19-16/h2-3,6-7,11H,4-5,8-9H2,1H3. The maximum atomic E-state index is 9.20. The Morgan fingerprint density at radius 1 is 1.16 bits per heavy atom. The minimum absolute atomic E-state index is 0.244. The van der Waals surface area contributed by atoms with E-state index in [9.17, 15) is 5.26 Å². The highest BCUT2D eigenvalue weighted by Crippen LogP contribution is 2.29. The Balaban J connectivity index is 1.55. The number of piperidine rings is 1. The third-order valence-corrected chi connectivity index (χ3v) is 4.42. The van der Waals surface area contributed by atoms with Crippen LogP contribution in [0.15, 0.2) is 24.5 Å². The van der Waals surface area contributed by atoms with Gasteiger partial charge >= 0.3 is 0 Å². The van der Waals surface area contributed by atoms with Gasteiger partial charge in [0.15, 0.2) is 23.0 Å².